The molecule has 0 aliphatic heterocycles. The zero-order chi connectivity index (χ0) is 11.1. The van der Waals surface area contributed by atoms with Gasteiger partial charge in [-0.05, 0) is 0 Å². The van der Waals surface area contributed by atoms with Gasteiger partial charge in [0, 0.05) is 12.5 Å². The van der Waals surface area contributed by atoms with Crippen LogP contribution in [0.1, 0.15) is 13.3 Å². The fourth-order valence-corrected chi connectivity index (χ4v) is 0.548. The van der Waals surface area contributed by atoms with E-state index in [1.807, 2.05) is 28.1 Å². The van der Waals surface area contributed by atoms with Crippen molar-refractivity contribution in [2.45, 2.75) is 19.6 Å². The molecule has 1 unspecified atom stereocenters. The Morgan fingerprint density at radius 1 is 1.50 bits per heavy atom. The van der Waals surface area contributed by atoms with E-state index in [-0.39, 0.29) is 18.6 Å². The van der Waals surface area contributed by atoms with Crippen molar-refractivity contribution in [2.24, 2.45) is 0 Å². The highest BCUT2D eigenvalue weighted by Gasteiger charge is 2.16. The minimum atomic E-state index is -0.981. The smallest absolute Gasteiger partial charge is 0.327 e. The Kier molecular flexibility index (Phi) is 12.2. The summed E-state index contributed by atoms with van der Waals surface area (Å²) in [6.45, 7) is 4.94. The Labute approximate surface area is 91.8 Å². The number of aliphatic carboxylic acids is 1. The molecular weight excluding hydrogens is 206 g/mol. The van der Waals surface area contributed by atoms with Gasteiger partial charge >= 0.3 is 5.97 Å². The predicted octanol–water partition coefficient (Wildman–Crippen LogP) is 1.10. The van der Waals surface area contributed by atoms with Crippen LogP contribution in [0.15, 0.2) is 12.7 Å². The normalized spacial score (nSPS) is 11.5. The number of quaternary nitrogens is 1. The van der Waals surface area contributed by atoms with Crippen molar-refractivity contribution in [3.05, 3.63) is 12.7 Å². The van der Waals surface area contributed by atoms with E-state index in [2.05, 4.69) is 6.58 Å². The molecule has 0 aromatic carbocycles. The molecule has 0 spiro atoms. The summed E-state index contributed by atoms with van der Waals surface area (Å²) in [4.78, 5) is 9.25. The average Bonchev–Trinajstić information content (AvgIpc) is 2.02. The molecule has 0 radical (unpaired) electrons. The molecule has 0 saturated carbocycles. The van der Waals surface area contributed by atoms with Gasteiger partial charge in [-0.1, -0.05) is 13.5 Å². The number of halogens is 1. The maximum atomic E-state index is 9.25. The van der Waals surface area contributed by atoms with Crippen molar-refractivity contribution in [1.29, 1.82) is 0 Å². The lowest BCUT2D eigenvalue weighted by Gasteiger charge is -2.28. The van der Waals surface area contributed by atoms with Gasteiger partial charge in [-0.25, -0.2) is 4.79 Å². The third-order valence-electron chi connectivity index (χ3n) is 1.43. The Bertz CT molecular complexity index is 166. The summed E-state index contributed by atoms with van der Waals surface area (Å²) in [6, 6.07) is 0. The number of carboxylic acid groups (broad SMARTS) is 1. The molecule has 0 amide bonds. The van der Waals surface area contributed by atoms with Gasteiger partial charge in [0.15, 0.2) is 6.23 Å². The van der Waals surface area contributed by atoms with Gasteiger partial charge in [0.1, 0.15) is 0 Å². The van der Waals surface area contributed by atoms with Gasteiger partial charge in [-0.2, -0.15) is 0 Å². The predicted molar refractivity (Wildman–Crippen MR) is 59.4 cm³/mol. The number of hydrogen-bond donors (Lipinski definition) is 2. The molecule has 0 aliphatic carbocycles. The second-order valence-corrected chi connectivity index (χ2v) is 3.55. The van der Waals surface area contributed by atoms with E-state index in [1.54, 1.807) is 0 Å². The van der Waals surface area contributed by atoms with Crippen molar-refractivity contribution < 1.29 is 19.5 Å². The zero-order valence-corrected chi connectivity index (χ0v) is 10.0. The Hall–Kier alpha value is -0.580. The number of carbonyl (C=O) groups is 1. The van der Waals surface area contributed by atoms with Crippen LogP contribution in [0.2, 0.25) is 0 Å². The Morgan fingerprint density at radius 2 is 1.79 bits per heavy atom. The molecule has 4 nitrogen and oxygen atoms in total. The summed E-state index contributed by atoms with van der Waals surface area (Å²) in [5.74, 6) is -0.981. The third-order valence-corrected chi connectivity index (χ3v) is 1.43. The number of aliphatic hydroxyl groups is 1. The minimum Gasteiger partial charge on any atom is -0.478 e. The van der Waals surface area contributed by atoms with Crippen molar-refractivity contribution >= 4 is 18.4 Å². The van der Waals surface area contributed by atoms with Crippen LogP contribution < -0.4 is 0 Å². The van der Waals surface area contributed by atoms with Crippen LogP contribution >= 0.6 is 12.4 Å². The monoisotopic (exact) mass is 226 g/mol. The fourth-order valence-electron chi connectivity index (χ4n) is 0.548. The molecular formula is C9H21ClNO3+. The fraction of sp³-hybridized carbons (Fsp3) is 0.667. The number of hydrogen-bond acceptors (Lipinski definition) is 2. The van der Waals surface area contributed by atoms with Gasteiger partial charge in [0.2, 0.25) is 0 Å². The van der Waals surface area contributed by atoms with Gasteiger partial charge in [0.25, 0.3) is 0 Å². The lowest BCUT2D eigenvalue weighted by molar-refractivity contribution is -0.918. The lowest BCUT2D eigenvalue weighted by atomic mass is 10.4. The number of rotatable bonds is 3. The summed E-state index contributed by atoms with van der Waals surface area (Å²) in [5, 5.41) is 16.8. The molecule has 0 fully saturated rings. The molecule has 0 saturated heterocycles. The second kappa shape index (κ2) is 8.99. The van der Waals surface area contributed by atoms with Crippen LogP contribution in [0.3, 0.4) is 0 Å². The van der Waals surface area contributed by atoms with Gasteiger partial charge in [-0.3, -0.25) is 0 Å². The number of nitrogens with zero attached hydrogens (tertiary/aromatic N) is 1. The molecule has 86 valence electrons. The Morgan fingerprint density at radius 3 is 1.79 bits per heavy atom. The highest BCUT2D eigenvalue weighted by molar-refractivity contribution is 5.85. The summed E-state index contributed by atoms with van der Waals surface area (Å²) >= 11 is 0. The zero-order valence-electron chi connectivity index (χ0n) is 9.23. The van der Waals surface area contributed by atoms with Gasteiger partial charge in [-0.15, -0.1) is 12.4 Å². The first-order valence-corrected chi connectivity index (χ1v) is 4.10. The largest absolute Gasteiger partial charge is 0.478 e. The molecule has 2 N–H and O–H groups in total. The van der Waals surface area contributed by atoms with Crippen LogP contribution in [0.5, 0.6) is 0 Å². The molecule has 1 atom stereocenters. The van der Waals surface area contributed by atoms with Crippen molar-refractivity contribution in [2.75, 3.05) is 21.1 Å². The lowest BCUT2D eigenvalue weighted by Crippen LogP contribution is -2.44. The molecule has 0 heterocycles. The molecule has 0 aromatic rings. The van der Waals surface area contributed by atoms with Crippen LogP contribution in [0, 0.1) is 0 Å². The van der Waals surface area contributed by atoms with E-state index in [1.165, 1.54) is 0 Å². The standard InChI is InChI=1S/C6H16NO.C3H4O2.ClH/c1-5-6(8)7(2,3)4;1-2-3(4)5;/h6,8H,5H2,1-4H3;2H,1H2,(H,4,5);1H/q+1;;. The second-order valence-electron chi connectivity index (χ2n) is 3.55. The average molecular weight is 227 g/mol. The van der Waals surface area contributed by atoms with E-state index in [0.29, 0.717) is 4.48 Å². The maximum Gasteiger partial charge on any atom is 0.327 e. The SMILES string of the molecule is C=CC(=O)O.CCC(O)[N+](C)(C)C.Cl. The summed E-state index contributed by atoms with van der Waals surface area (Å²) in [6.07, 6.45) is 1.44. The number of carboxylic acids is 1. The quantitative estimate of drug-likeness (QED) is 0.431. The van der Waals surface area contributed by atoms with Crippen molar-refractivity contribution in [3.8, 4) is 0 Å². The molecule has 5 heteroatoms. The Balaban J connectivity index is -0.000000177. The molecule has 0 aliphatic rings. The van der Waals surface area contributed by atoms with Crippen LogP contribution in [-0.4, -0.2) is 48.0 Å². The van der Waals surface area contributed by atoms with E-state index in [9.17, 15) is 4.79 Å². The first-order chi connectivity index (χ1) is 5.75. The highest BCUT2D eigenvalue weighted by atomic mass is 35.5. The van der Waals surface area contributed by atoms with Crippen LogP contribution in [-0.2, 0) is 4.79 Å². The number of aliphatic hydroxyl groups excluding tert-OH is 1. The van der Waals surface area contributed by atoms with E-state index in [4.69, 9.17) is 10.2 Å². The molecule has 0 rings (SSSR count). The van der Waals surface area contributed by atoms with E-state index in [0.717, 1.165) is 12.5 Å². The topological polar surface area (TPSA) is 57.5 Å². The van der Waals surface area contributed by atoms with E-state index >= 15 is 0 Å². The van der Waals surface area contributed by atoms with Crippen LogP contribution in [0.25, 0.3) is 0 Å². The van der Waals surface area contributed by atoms with Crippen molar-refractivity contribution in [1.82, 2.24) is 0 Å². The van der Waals surface area contributed by atoms with E-state index < -0.39 is 5.97 Å². The van der Waals surface area contributed by atoms with Crippen molar-refractivity contribution in [3.63, 3.8) is 0 Å². The molecule has 0 aromatic heterocycles. The first kappa shape index (κ1) is 19.1. The molecule has 14 heavy (non-hydrogen) atoms. The highest BCUT2D eigenvalue weighted by Crippen LogP contribution is 2.01. The first-order valence-electron chi connectivity index (χ1n) is 4.10. The summed E-state index contributed by atoms with van der Waals surface area (Å²) in [7, 11) is 5.94. The van der Waals surface area contributed by atoms with Gasteiger partial charge < -0.3 is 14.7 Å². The maximum absolute atomic E-state index is 9.25. The summed E-state index contributed by atoms with van der Waals surface area (Å²) in [5.41, 5.74) is 0. The third kappa shape index (κ3) is 14.0. The van der Waals surface area contributed by atoms with Crippen LogP contribution in [0.4, 0.5) is 0 Å². The van der Waals surface area contributed by atoms with Gasteiger partial charge in [0.05, 0.1) is 21.1 Å². The summed E-state index contributed by atoms with van der Waals surface area (Å²) < 4.78 is 0.635. The minimum absolute atomic E-state index is 0. The molecule has 0 bridgehead atoms.